The Kier molecular flexibility index (Phi) is 9.84. The molecule has 0 saturated heterocycles. The highest BCUT2D eigenvalue weighted by Gasteiger charge is 2.07. The standard InChI is InChI=1S/C24H34N2O4/c1-5-28-21-12-11-20(17-22(21)29-6-2)13-15-26-24(27)25-14-8-16-30-23-18(3)9-7-10-19(23)4/h7,9-12,17H,5-6,8,13-16H2,1-4H3,(H2,25,26,27). The van der Waals surface area contributed by atoms with E-state index in [2.05, 4.69) is 10.6 Å². The molecule has 0 atom stereocenters. The molecule has 2 aromatic carbocycles. The Bertz CT molecular complexity index is 788. The molecule has 164 valence electrons. The summed E-state index contributed by atoms with van der Waals surface area (Å²) < 4.78 is 17.1. The van der Waals surface area contributed by atoms with Gasteiger partial charge in [0.15, 0.2) is 11.5 Å². The van der Waals surface area contributed by atoms with Crippen molar-refractivity contribution in [2.45, 2.75) is 40.5 Å². The molecule has 0 spiro atoms. The normalized spacial score (nSPS) is 10.4. The Labute approximate surface area is 179 Å². The molecule has 2 amide bonds. The second-order valence-corrected chi connectivity index (χ2v) is 7.00. The van der Waals surface area contributed by atoms with Crippen LogP contribution in [0.4, 0.5) is 4.79 Å². The molecule has 0 saturated carbocycles. The quantitative estimate of drug-likeness (QED) is 0.505. The largest absolute Gasteiger partial charge is 0.493 e. The molecule has 30 heavy (non-hydrogen) atoms. The molecule has 0 aliphatic carbocycles. The van der Waals surface area contributed by atoms with Gasteiger partial charge in [-0.25, -0.2) is 4.79 Å². The van der Waals surface area contributed by atoms with Gasteiger partial charge in [0.1, 0.15) is 5.75 Å². The van der Waals surface area contributed by atoms with Crippen LogP contribution in [-0.2, 0) is 6.42 Å². The highest BCUT2D eigenvalue weighted by atomic mass is 16.5. The van der Waals surface area contributed by atoms with Gasteiger partial charge in [-0.15, -0.1) is 0 Å². The third-order valence-corrected chi connectivity index (χ3v) is 4.57. The lowest BCUT2D eigenvalue weighted by Gasteiger charge is -2.13. The molecule has 0 aliphatic heterocycles. The molecular formula is C24H34N2O4. The lowest BCUT2D eigenvalue weighted by Crippen LogP contribution is -2.37. The summed E-state index contributed by atoms with van der Waals surface area (Å²) in [6.45, 7) is 10.8. The fourth-order valence-electron chi connectivity index (χ4n) is 3.11. The van der Waals surface area contributed by atoms with Crippen LogP contribution in [0.2, 0.25) is 0 Å². The molecule has 6 nitrogen and oxygen atoms in total. The van der Waals surface area contributed by atoms with Crippen LogP contribution in [0.15, 0.2) is 36.4 Å². The third kappa shape index (κ3) is 7.50. The number of hydrogen-bond acceptors (Lipinski definition) is 4. The number of hydrogen-bond donors (Lipinski definition) is 2. The summed E-state index contributed by atoms with van der Waals surface area (Å²) in [7, 11) is 0. The first-order valence-electron chi connectivity index (χ1n) is 10.6. The number of carbonyl (C=O) groups excluding carboxylic acids is 1. The number of carbonyl (C=O) groups is 1. The molecule has 0 radical (unpaired) electrons. The molecule has 2 aromatic rings. The van der Waals surface area contributed by atoms with E-state index in [1.807, 2.05) is 64.1 Å². The number of ether oxygens (including phenoxy) is 3. The Hall–Kier alpha value is -2.89. The molecule has 6 heteroatoms. The van der Waals surface area contributed by atoms with Crippen LogP contribution in [0.1, 0.15) is 37.0 Å². The van der Waals surface area contributed by atoms with E-state index in [-0.39, 0.29) is 6.03 Å². The molecular weight excluding hydrogens is 380 g/mol. The number of nitrogens with one attached hydrogen (secondary N) is 2. The van der Waals surface area contributed by atoms with E-state index in [4.69, 9.17) is 14.2 Å². The molecule has 2 rings (SSSR count). The first-order chi connectivity index (χ1) is 14.5. The van der Waals surface area contributed by atoms with Crippen LogP contribution in [0.3, 0.4) is 0 Å². The summed E-state index contributed by atoms with van der Waals surface area (Å²) in [5.74, 6) is 2.42. The lowest BCUT2D eigenvalue weighted by atomic mass is 10.1. The van der Waals surface area contributed by atoms with Gasteiger partial charge in [-0.3, -0.25) is 0 Å². The average Bonchev–Trinajstić information content (AvgIpc) is 2.72. The third-order valence-electron chi connectivity index (χ3n) is 4.57. The Balaban J connectivity index is 1.66. The summed E-state index contributed by atoms with van der Waals surface area (Å²) >= 11 is 0. The highest BCUT2D eigenvalue weighted by molar-refractivity contribution is 5.73. The predicted octanol–water partition coefficient (Wildman–Crippen LogP) is 4.41. The first-order valence-corrected chi connectivity index (χ1v) is 10.6. The zero-order valence-corrected chi connectivity index (χ0v) is 18.5. The predicted molar refractivity (Wildman–Crippen MR) is 120 cm³/mol. The van der Waals surface area contributed by atoms with Crippen molar-refractivity contribution in [2.24, 2.45) is 0 Å². The fraction of sp³-hybridized carbons (Fsp3) is 0.458. The summed E-state index contributed by atoms with van der Waals surface area (Å²) in [5.41, 5.74) is 3.34. The van der Waals surface area contributed by atoms with Crippen molar-refractivity contribution in [3.8, 4) is 17.2 Å². The molecule has 0 unspecified atom stereocenters. The monoisotopic (exact) mass is 414 g/mol. The minimum Gasteiger partial charge on any atom is -0.493 e. The zero-order chi connectivity index (χ0) is 21.8. The Morgan fingerprint density at radius 2 is 1.53 bits per heavy atom. The van der Waals surface area contributed by atoms with Crippen LogP contribution >= 0.6 is 0 Å². The van der Waals surface area contributed by atoms with Crippen LogP contribution in [-0.4, -0.2) is 38.9 Å². The minimum atomic E-state index is -0.168. The molecule has 0 fully saturated rings. The lowest BCUT2D eigenvalue weighted by molar-refractivity contribution is 0.239. The molecule has 0 heterocycles. The zero-order valence-electron chi connectivity index (χ0n) is 18.5. The van der Waals surface area contributed by atoms with Gasteiger partial charge in [-0.05, 0) is 69.4 Å². The van der Waals surface area contributed by atoms with E-state index in [0.717, 1.165) is 46.8 Å². The SMILES string of the molecule is CCOc1ccc(CCNC(=O)NCCCOc2c(C)cccc2C)cc1OCC. The molecule has 0 bridgehead atoms. The van der Waals surface area contributed by atoms with Gasteiger partial charge in [0, 0.05) is 13.1 Å². The van der Waals surface area contributed by atoms with Crippen molar-refractivity contribution in [3.63, 3.8) is 0 Å². The van der Waals surface area contributed by atoms with Crippen molar-refractivity contribution in [2.75, 3.05) is 32.9 Å². The number of benzene rings is 2. The number of aryl methyl sites for hydroxylation is 2. The van der Waals surface area contributed by atoms with Crippen LogP contribution in [0.25, 0.3) is 0 Å². The number of rotatable bonds is 12. The summed E-state index contributed by atoms with van der Waals surface area (Å²) in [6.07, 6.45) is 1.47. The van der Waals surface area contributed by atoms with Crippen molar-refractivity contribution >= 4 is 6.03 Å². The molecule has 0 aromatic heterocycles. The maximum atomic E-state index is 12.0. The van der Waals surface area contributed by atoms with Gasteiger partial charge in [-0.1, -0.05) is 24.3 Å². The second kappa shape index (κ2) is 12.6. The van der Waals surface area contributed by atoms with E-state index in [9.17, 15) is 4.79 Å². The van der Waals surface area contributed by atoms with Gasteiger partial charge in [0.25, 0.3) is 0 Å². The van der Waals surface area contributed by atoms with Crippen molar-refractivity contribution < 1.29 is 19.0 Å². The van der Waals surface area contributed by atoms with Gasteiger partial charge in [-0.2, -0.15) is 0 Å². The summed E-state index contributed by atoms with van der Waals surface area (Å²) in [5, 5.41) is 5.75. The van der Waals surface area contributed by atoms with E-state index >= 15 is 0 Å². The van der Waals surface area contributed by atoms with Gasteiger partial charge >= 0.3 is 6.03 Å². The van der Waals surface area contributed by atoms with E-state index < -0.39 is 0 Å². The van der Waals surface area contributed by atoms with Crippen LogP contribution < -0.4 is 24.8 Å². The van der Waals surface area contributed by atoms with Gasteiger partial charge < -0.3 is 24.8 Å². The van der Waals surface area contributed by atoms with Gasteiger partial charge in [0.2, 0.25) is 0 Å². The van der Waals surface area contributed by atoms with Crippen LogP contribution in [0, 0.1) is 13.8 Å². The maximum absolute atomic E-state index is 12.0. The first kappa shape index (κ1) is 23.4. The number of amides is 2. The van der Waals surface area contributed by atoms with Gasteiger partial charge in [0.05, 0.1) is 19.8 Å². The smallest absolute Gasteiger partial charge is 0.314 e. The Morgan fingerprint density at radius 3 is 2.23 bits per heavy atom. The summed E-state index contributed by atoms with van der Waals surface area (Å²) in [6, 6.07) is 11.8. The highest BCUT2D eigenvalue weighted by Crippen LogP contribution is 2.28. The molecule has 2 N–H and O–H groups in total. The Morgan fingerprint density at radius 1 is 0.867 bits per heavy atom. The number of para-hydroxylation sites is 1. The van der Waals surface area contributed by atoms with E-state index in [1.54, 1.807) is 0 Å². The van der Waals surface area contributed by atoms with Crippen molar-refractivity contribution in [1.82, 2.24) is 10.6 Å². The van der Waals surface area contributed by atoms with E-state index in [1.165, 1.54) is 0 Å². The fourth-order valence-corrected chi connectivity index (χ4v) is 3.11. The second-order valence-electron chi connectivity index (χ2n) is 7.00. The topological polar surface area (TPSA) is 68.8 Å². The summed E-state index contributed by atoms with van der Waals surface area (Å²) in [4.78, 5) is 12.0. The van der Waals surface area contributed by atoms with E-state index in [0.29, 0.717) is 32.9 Å². The maximum Gasteiger partial charge on any atom is 0.314 e. The molecule has 0 aliphatic rings. The van der Waals surface area contributed by atoms with Crippen molar-refractivity contribution in [1.29, 1.82) is 0 Å². The minimum absolute atomic E-state index is 0.168. The number of urea groups is 1. The van der Waals surface area contributed by atoms with Crippen LogP contribution in [0.5, 0.6) is 17.2 Å². The van der Waals surface area contributed by atoms with Crippen molar-refractivity contribution in [3.05, 3.63) is 53.1 Å². The average molecular weight is 415 g/mol.